The number of aromatic nitrogens is 2. The molecule has 6 heteroatoms. The second kappa shape index (κ2) is 8.69. The highest BCUT2D eigenvalue weighted by Crippen LogP contribution is 2.19. The molecule has 0 aliphatic rings. The van der Waals surface area contributed by atoms with Gasteiger partial charge >= 0.3 is 0 Å². The molecule has 2 aromatic heterocycles. The van der Waals surface area contributed by atoms with Gasteiger partial charge in [-0.1, -0.05) is 18.2 Å². The largest absolute Gasteiger partial charge is 0.378 e. The SMILES string of the molecule is CN(C)c1ccc(Nc2ccc(C(=O)NCCc3c[nH]c4ccccc34)cn2)cc1. The van der Waals surface area contributed by atoms with Gasteiger partial charge in [-0.2, -0.15) is 0 Å². The Kier molecular flexibility index (Phi) is 5.66. The van der Waals surface area contributed by atoms with Crippen molar-refractivity contribution < 1.29 is 4.79 Å². The molecule has 0 unspecified atom stereocenters. The third-order valence-electron chi connectivity index (χ3n) is 5.04. The van der Waals surface area contributed by atoms with Crippen molar-refractivity contribution in [2.75, 3.05) is 30.9 Å². The van der Waals surface area contributed by atoms with Crippen molar-refractivity contribution in [3.05, 3.63) is 84.2 Å². The molecule has 0 radical (unpaired) electrons. The lowest BCUT2D eigenvalue weighted by atomic mass is 10.1. The van der Waals surface area contributed by atoms with Gasteiger partial charge < -0.3 is 20.5 Å². The van der Waals surface area contributed by atoms with Crippen molar-refractivity contribution in [2.24, 2.45) is 0 Å². The Bertz CT molecular complexity index is 1130. The lowest BCUT2D eigenvalue weighted by Gasteiger charge is -2.13. The van der Waals surface area contributed by atoms with E-state index >= 15 is 0 Å². The molecule has 1 amide bonds. The molecule has 0 saturated carbocycles. The Morgan fingerprint density at radius 1 is 1.03 bits per heavy atom. The van der Waals surface area contributed by atoms with Gasteiger partial charge in [-0.25, -0.2) is 4.98 Å². The maximum atomic E-state index is 12.4. The third-order valence-corrected chi connectivity index (χ3v) is 5.04. The Morgan fingerprint density at radius 2 is 1.83 bits per heavy atom. The summed E-state index contributed by atoms with van der Waals surface area (Å²) >= 11 is 0. The number of fused-ring (bicyclic) bond motifs is 1. The third kappa shape index (κ3) is 4.43. The number of para-hydroxylation sites is 1. The fourth-order valence-electron chi connectivity index (χ4n) is 3.34. The Hall–Kier alpha value is -3.80. The molecule has 6 nitrogen and oxygen atoms in total. The molecule has 0 saturated heterocycles. The molecular weight excluding hydrogens is 374 g/mol. The van der Waals surface area contributed by atoms with Crippen molar-refractivity contribution in [1.29, 1.82) is 0 Å². The van der Waals surface area contributed by atoms with E-state index in [1.54, 1.807) is 12.3 Å². The standard InChI is InChI=1S/C24H25N5O/c1-29(2)20-10-8-19(9-11-20)28-23-12-7-18(16-27-23)24(30)25-14-13-17-15-26-22-6-4-3-5-21(17)22/h3-12,15-16,26H,13-14H2,1-2H3,(H,25,30)(H,27,28). The quantitative estimate of drug-likeness (QED) is 0.432. The number of carbonyl (C=O) groups excluding carboxylic acids is 1. The van der Waals surface area contributed by atoms with Crippen molar-refractivity contribution in [3.8, 4) is 0 Å². The van der Waals surface area contributed by atoms with Crippen LogP contribution in [0.25, 0.3) is 10.9 Å². The average Bonchev–Trinajstić information content (AvgIpc) is 3.18. The first-order valence-electron chi connectivity index (χ1n) is 9.94. The van der Waals surface area contributed by atoms with Gasteiger partial charge in [0.05, 0.1) is 5.56 Å². The summed E-state index contributed by atoms with van der Waals surface area (Å²) in [5.74, 6) is 0.576. The fraction of sp³-hybridized carbons (Fsp3) is 0.167. The first kappa shape index (κ1) is 19.5. The maximum absolute atomic E-state index is 12.4. The number of hydrogen-bond acceptors (Lipinski definition) is 4. The Balaban J connectivity index is 1.31. The van der Waals surface area contributed by atoms with Gasteiger partial charge in [0, 0.05) is 55.3 Å². The number of nitrogens with one attached hydrogen (secondary N) is 3. The van der Waals surface area contributed by atoms with E-state index in [-0.39, 0.29) is 5.91 Å². The average molecular weight is 399 g/mol. The van der Waals surface area contributed by atoms with Gasteiger partial charge in [-0.15, -0.1) is 0 Å². The van der Waals surface area contributed by atoms with E-state index in [0.29, 0.717) is 17.9 Å². The predicted octanol–water partition coefficient (Wildman–Crippen LogP) is 4.35. The van der Waals surface area contributed by atoms with Crippen LogP contribution in [0, 0.1) is 0 Å². The number of amides is 1. The van der Waals surface area contributed by atoms with E-state index in [9.17, 15) is 4.79 Å². The first-order valence-corrected chi connectivity index (χ1v) is 9.94. The molecule has 2 aromatic carbocycles. The molecule has 4 aromatic rings. The predicted molar refractivity (Wildman–Crippen MR) is 123 cm³/mol. The molecule has 152 valence electrons. The molecule has 3 N–H and O–H groups in total. The zero-order valence-corrected chi connectivity index (χ0v) is 17.1. The van der Waals surface area contributed by atoms with Gasteiger partial charge in [0.1, 0.15) is 5.82 Å². The fourth-order valence-corrected chi connectivity index (χ4v) is 3.34. The summed E-state index contributed by atoms with van der Waals surface area (Å²) in [6.07, 6.45) is 4.37. The molecule has 30 heavy (non-hydrogen) atoms. The van der Waals surface area contributed by atoms with Gasteiger partial charge in [0.25, 0.3) is 5.91 Å². The van der Waals surface area contributed by atoms with Crippen LogP contribution in [-0.4, -0.2) is 36.5 Å². The second-order valence-electron chi connectivity index (χ2n) is 7.36. The zero-order chi connectivity index (χ0) is 20.9. The highest BCUT2D eigenvalue weighted by molar-refractivity contribution is 5.94. The number of carbonyl (C=O) groups is 1. The summed E-state index contributed by atoms with van der Waals surface area (Å²) in [5, 5.41) is 7.42. The maximum Gasteiger partial charge on any atom is 0.252 e. The van der Waals surface area contributed by atoms with Gasteiger partial charge in [-0.05, 0) is 54.4 Å². The summed E-state index contributed by atoms with van der Waals surface area (Å²) < 4.78 is 0. The van der Waals surface area contributed by atoms with Crippen LogP contribution >= 0.6 is 0 Å². The van der Waals surface area contributed by atoms with E-state index in [1.807, 2.05) is 67.7 Å². The number of aromatic amines is 1. The molecule has 2 heterocycles. The van der Waals surface area contributed by atoms with Crippen molar-refractivity contribution in [1.82, 2.24) is 15.3 Å². The molecule has 0 fully saturated rings. The van der Waals surface area contributed by atoms with Gasteiger partial charge in [0.2, 0.25) is 0 Å². The lowest BCUT2D eigenvalue weighted by Crippen LogP contribution is -2.25. The number of hydrogen-bond donors (Lipinski definition) is 3. The first-order chi connectivity index (χ1) is 14.6. The van der Waals surface area contributed by atoms with Crippen LogP contribution in [0.2, 0.25) is 0 Å². The highest BCUT2D eigenvalue weighted by Gasteiger charge is 2.08. The van der Waals surface area contributed by atoms with Crippen molar-refractivity contribution >= 4 is 34.0 Å². The molecular formula is C24H25N5O. The van der Waals surface area contributed by atoms with Crippen LogP contribution in [0.5, 0.6) is 0 Å². The molecule has 0 aliphatic carbocycles. The Morgan fingerprint density at radius 3 is 2.57 bits per heavy atom. The molecule has 0 atom stereocenters. The second-order valence-corrected chi connectivity index (χ2v) is 7.36. The zero-order valence-electron chi connectivity index (χ0n) is 17.1. The summed E-state index contributed by atoms with van der Waals surface area (Å²) in [6.45, 7) is 0.568. The lowest BCUT2D eigenvalue weighted by molar-refractivity contribution is 0.0954. The summed E-state index contributed by atoms with van der Waals surface area (Å²) in [7, 11) is 4.02. The van der Waals surface area contributed by atoms with Gasteiger partial charge in [0.15, 0.2) is 0 Å². The minimum absolute atomic E-state index is 0.121. The topological polar surface area (TPSA) is 73.1 Å². The van der Waals surface area contributed by atoms with E-state index in [2.05, 4.69) is 32.7 Å². The van der Waals surface area contributed by atoms with Crippen LogP contribution in [-0.2, 0) is 6.42 Å². The minimum Gasteiger partial charge on any atom is -0.378 e. The number of pyridine rings is 1. The number of benzene rings is 2. The van der Waals surface area contributed by atoms with Crippen molar-refractivity contribution in [2.45, 2.75) is 6.42 Å². The van der Waals surface area contributed by atoms with Crippen LogP contribution in [0.1, 0.15) is 15.9 Å². The number of rotatable bonds is 7. The van der Waals surface area contributed by atoms with Crippen LogP contribution in [0.15, 0.2) is 73.1 Å². The van der Waals surface area contributed by atoms with E-state index < -0.39 is 0 Å². The molecule has 0 bridgehead atoms. The smallest absolute Gasteiger partial charge is 0.252 e. The summed E-state index contributed by atoms with van der Waals surface area (Å²) in [4.78, 5) is 22.1. The minimum atomic E-state index is -0.121. The van der Waals surface area contributed by atoms with Crippen LogP contribution in [0.3, 0.4) is 0 Å². The summed E-state index contributed by atoms with van der Waals surface area (Å²) in [5.41, 5.74) is 4.94. The molecule has 0 aliphatic heterocycles. The number of H-pyrrole nitrogens is 1. The molecule has 4 rings (SSSR count). The number of nitrogens with zero attached hydrogens (tertiary/aromatic N) is 2. The summed E-state index contributed by atoms with van der Waals surface area (Å²) in [6, 6.07) is 19.9. The number of anilines is 3. The van der Waals surface area contributed by atoms with E-state index in [4.69, 9.17) is 0 Å². The highest BCUT2D eigenvalue weighted by atomic mass is 16.1. The molecule has 0 spiro atoms. The van der Waals surface area contributed by atoms with E-state index in [0.717, 1.165) is 23.3 Å². The van der Waals surface area contributed by atoms with Crippen molar-refractivity contribution in [3.63, 3.8) is 0 Å². The van der Waals surface area contributed by atoms with Crippen LogP contribution in [0.4, 0.5) is 17.2 Å². The van der Waals surface area contributed by atoms with E-state index in [1.165, 1.54) is 10.9 Å². The Labute approximate surface area is 176 Å². The normalized spacial score (nSPS) is 10.7. The van der Waals surface area contributed by atoms with Gasteiger partial charge in [-0.3, -0.25) is 4.79 Å². The monoisotopic (exact) mass is 399 g/mol. The van der Waals surface area contributed by atoms with Crippen LogP contribution < -0.4 is 15.5 Å².